The van der Waals surface area contributed by atoms with Gasteiger partial charge < -0.3 is 20.2 Å². The molecule has 204 valence electrons. The van der Waals surface area contributed by atoms with Crippen molar-refractivity contribution in [1.82, 2.24) is 24.8 Å². The molecule has 0 amide bonds. The second-order valence-corrected chi connectivity index (χ2v) is 11.8. The molecule has 3 aliphatic carbocycles. The quantitative estimate of drug-likeness (QED) is 0.309. The predicted octanol–water partition coefficient (Wildman–Crippen LogP) is 5.84. The summed E-state index contributed by atoms with van der Waals surface area (Å²) in [5.41, 5.74) is 1.72. The zero-order chi connectivity index (χ0) is 26.5. The minimum atomic E-state index is -1.00. The minimum absolute atomic E-state index is 0.113. The molecule has 3 saturated heterocycles. The van der Waals surface area contributed by atoms with E-state index in [1.165, 1.54) is 0 Å². The summed E-state index contributed by atoms with van der Waals surface area (Å²) in [6.45, 7) is 2.99. The van der Waals surface area contributed by atoms with Gasteiger partial charge in [0.1, 0.15) is 16.9 Å². The highest BCUT2D eigenvalue weighted by atomic mass is 19.2. The third-order valence-corrected chi connectivity index (χ3v) is 9.48. The molecule has 3 N–H and O–H groups in total. The molecule has 0 spiro atoms. The number of piperidine rings is 3. The number of imidazole rings is 1. The van der Waals surface area contributed by atoms with Gasteiger partial charge in [-0.25, -0.2) is 18.7 Å². The first-order chi connectivity index (χ1) is 19.0. The van der Waals surface area contributed by atoms with E-state index >= 15 is 0 Å². The average Bonchev–Trinajstić information content (AvgIpc) is 3.40. The fourth-order valence-electron chi connectivity index (χ4n) is 7.22. The van der Waals surface area contributed by atoms with Crippen molar-refractivity contribution in [2.75, 3.05) is 25.0 Å². The zero-order valence-electron chi connectivity index (χ0n) is 22.0. The van der Waals surface area contributed by atoms with E-state index in [9.17, 15) is 13.6 Å². The lowest BCUT2D eigenvalue weighted by molar-refractivity contribution is 0.0976. The van der Waals surface area contributed by atoms with Crippen LogP contribution in [0, 0.1) is 29.4 Å². The summed E-state index contributed by atoms with van der Waals surface area (Å²) in [6.07, 6.45) is 13.1. The number of rotatable bonds is 3. The summed E-state index contributed by atoms with van der Waals surface area (Å²) >= 11 is 0. The third-order valence-electron chi connectivity index (χ3n) is 9.48. The molecule has 9 heteroatoms. The summed E-state index contributed by atoms with van der Waals surface area (Å²) in [5, 5.41) is 3.94. The Labute approximate surface area is 225 Å². The van der Waals surface area contributed by atoms with E-state index < -0.39 is 17.2 Å². The molecular weight excluding hydrogens is 498 g/mol. The molecular formula is C30H34F2N6O. The number of aromatic nitrogens is 4. The van der Waals surface area contributed by atoms with E-state index in [1.54, 1.807) is 56.9 Å². The first-order valence-electron chi connectivity index (χ1n) is 14.4. The molecule has 3 aromatic heterocycles. The highest BCUT2D eigenvalue weighted by Crippen LogP contribution is 2.40. The van der Waals surface area contributed by atoms with Crippen molar-refractivity contribution in [3.8, 4) is 11.4 Å². The third kappa shape index (κ3) is 4.71. The maximum Gasteiger partial charge on any atom is 0.261 e. The fraction of sp³-hybridized carbons (Fsp3) is 0.500. The van der Waals surface area contributed by atoms with Crippen LogP contribution >= 0.6 is 0 Å². The van der Waals surface area contributed by atoms with Gasteiger partial charge in [-0.15, -0.1) is 0 Å². The number of pyridine rings is 2. The van der Waals surface area contributed by atoms with Crippen LogP contribution in [-0.4, -0.2) is 50.5 Å². The Bertz CT molecular complexity index is 1510. The Hall–Kier alpha value is -3.33. The number of aromatic amines is 2. The maximum absolute atomic E-state index is 14.2. The fourth-order valence-corrected chi connectivity index (χ4v) is 7.22. The number of fused-ring (bicyclic) bond motifs is 8. The molecule has 3 saturated carbocycles. The van der Waals surface area contributed by atoms with Crippen LogP contribution < -0.4 is 10.9 Å². The van der Waals surface area contributed by atoms with Crippen LogP contribution in [-0.2, 0) is 0 Å². The highest BCUT2D eigenvalue weighted by Gasteiger charge is 2.35. The van der Waals surface area contributed by atoms with Crippen LogP contribution in [0.3, 0.4) is 0 Å². The second-order valence-electron chi connectivity index (χ2n) is 11.8. The van der Waals surface area contributed by atoms with Crippen LogP contribution in [0.4, 0.5) is 14.5 Å². The van der Waals surface area contributed by atoms with Crippen molar-refractivity contribution >= 4 is 27.8 Å². The first-order valence-corrected chi connectivity index (χ1v) is 14.4. The van der Waals surface area contributed by atoms with Gasteiger partial charge in [-0.05, 0) is 61.9 Å². The lowest BCUT2D eigenvalue weighted by atomic mass is 9.71. The van der Waals surface area contributed by atoms with Crippen LogP contribution in [0.15, 0.2) is 35.3 Å². The number of anilines is 1. The van der Waals surface area contributed by atoms with Gasteiger partial charge in [-0.2, -0.15) is 0 Å². The molecule has 1 aromatic carbocycles. The van der Waals surface area contributed by atoms with Gasteiger partial charge in [0.15, 0.2) is 17.3 Å². The topological polar surface area (TPSA) is 89.7 Å². The van der Waals surface area contributed by atoms with Gasteiger partial charge in [-0.3, -0.25) is 4.79 Å². The van der Waals surface area contributed by atoms with E-state index in [1.807, 2.05) is 0 Å². The molecule has 4 aromatic rings. The van der Waals surface area contributed by atoms with Gasteiger partial charge in [0.2, 0.25) is 0 Å². The Morgan fingerprint density at radius 1 is 0.923 bits per heavy atom. The minimum Gasteiger partial charge on any atom is -0.379 e. The molecule has 7 nitrogen and oxygen atoms in total. The number of H-pyrrole nitrogens is 2. The Balaban J connectivity index is 0.000000269. The van der Waals surface area contributed by atoms with Crippen molar-refractivity contribution in [1.29, 1.82) is 0 Å². The van der Waals surface area contributed by atoms with Crippen molar-refractivity contribution in [3.63, 3.8) is 0 Å². The number of hydrogen-bond acceptors (Lipinski definition) is 5. The van der Waals surface area contributed by atoms with Crippen molar-refractivity contribution in [3.05, 3.63) is 52.5 Å². The smallest absolute Gasteiger partial charge is 0.261 e. The van der Waals surface area contributed by atoms with Gasteiger partial charge in [0.05, 0.1) is 11.2 Å². The van der Waals surface area contributed by atoms with Crippen LogP contribution in [0.1, 0.15) is 51.4 Å². The second kappa shape index (κ2) is 10.0. The van der Waals surface area contributed by atoms with Crippen molar-refractivity contribution < 1.29 is 8.78 Å². The zero-order valence-corrected chi connectivity index (χ0v) is 22.0. The highest BCUT2D eigenvalue weighted by molar-refractivity contribution is 5.99. The van der Waals surface area contributed by atoms with Crippen molar-refractivity contribution in [2.24, 2.45) is 17.8 Å². The number of nitrogens with one attached hydrogen (secondary N) is 3. The molecule has 4 bridgehead atoms. The number of hydrogen-bond donors (Lipinski definition) is 3. The van der Waals surface area contributed by atoms with Gasteiger partial charge >= 0.3 is 0 Å². The van der Waals surface area contributed by atoms with Crippen molar-refractivity contribution in [2.45, 2.75) is 57.4 Å². The molecule has 0 radical (unpaired) electrons. The summed E-state index contributed by atoms with van der Waals surface area (Å²) in [5.74, 6) is 1.14. The van der Waals surface area contributed by atoms with Crippen LogP contribution in [0.25, 0.3) is 33.5 Å². The molecule has 6 heterocycles. The monoisotopic (exact) mass is 532 g/mol. The van der Waals surface area contributed by atoms with E-state index in [0.29, 0.717) is 34.0 Å². The van der Waals surface area contributed by atoms with Crippen LogP contribution in [0.5, 0.6) is 0 Å². The molecule has 0 unspecified atom stereocenters. The molecule has 6 fully saturated rings. The van der Waals surface area contributed by atoms with Gasteiger partial charge in [-0.1, -0.05) is 38.5 Å². The Morgan fingerprint density at radius 3 is 2.23 bits per heavy atom. The summed E-state index contributed by atoms with van der Waals surface area (Å²) in [7, 11) is 0. The average molecular weight is 533 g/mol. The van der Waals surface area contributed by atoms with Gasteiger partial charge in [0.25, 0.3) is 5.56 Å². The summed E-state index contributed by atoms with van der Waals surface area (Å²) in [4.78, 5) is 30.1. The molecule has 3 aliphatic heterocycles. The predicted molar refractivity (Wildman–Crippen MR) is 149 cm³/mol. The molecule has 10 rings (SSSR count). The lowest BCUT2D eigenvalue weighted by Gasteiger charge is -2.45. The molecule has 6 aliphatic rings. The maximum atomic E-state index is 14.2. The summed E-state index contributed by atoms with van der Waals surface area (Å²) in [6, 6.07) is 5.84. The molecule has 1 atom stereocenters. The van der Waals surface area contributed by atoms with Crippen LogP contribution in [0.2, 0.25) is 0 Å². The van der Waals surface area contributed by atoms with E-state index in [-0.39, 0.29) is 17.1 Å². The first kappa shape index (κ1) is 24.7. The number of halogens is 2. The molecule has 39 heavy (non-hydrogen) atoms. The lowest BCUT2D eigenvalue weighted by Crippen LogP contribution is -2.53. The Morgan fingerprint density at radius 2 is 1.62 bits per heavy atom. The summed E-state index contributed by atoms with van der Waals surface area (Å²) < 4.78 is 28.1. The largest absolute Gasteiger partial charge is 0.379 e. The standard InChI is InChI=1S/C22H20F2N6O.C8H14/c23-13-8-12-16(9-14(13)24)28-22(31)18(21-27-15-2-1-5-25-20(15)29-21)19(12)26-17-10-30-6-3-11(17)4-7-30;1-2-8-5-3-7(1)4-6-8/h1-2,5,8-9,11,17H,3-4,6-7,10H2,(H,25,27,29)(H2,26,28,31);7-8H,1-6H2/t17-;/m0./s1. The van der Waals surface area contributed by atoms with E-state index in [4.69, 9.17) is 0 Å². The number of nitrogens with zero attached hydrogens (tertiary/aromatic N) is 3. The normalized spacial score (nSPS) is 27.5. The van der Waals surface area contributed by atoms with E-state index in [0.717, 1.165) is 56.4 Å². The SMILES string of the molecule is C1CC2CCC1CC2.O=c1[nH]c2cc(F)c(F)cc2c(N[C@H]2CN3CCC2CC3)c1-c1nc2cccnc2[nH]1. The number of benzene rings is 1. The van der Waals surface area contributed by atoms with E-state index in [2.05, 4.69) is 30.2 Å². The Kier molecular flexibility index (Phi) is 6.34. The van der Waals surface area contributed by atoms with Gasteiger partial charge in [0, 0.05) is 30.2 Å².